The van der Waals surface area contributed by atoms with E-state index in [1.807, 2.05) is 42.5 Å². The molecule has 1 spiro atoms. The maximum absolute atomic E-state index is 12.8. The van der Waals surface area contributed by atoms with Crippen LogP contribution in [0.25, 0.3) is 93.5 Å². The molecule has 8 heteroatoms. The van der Waals surface area contributed by atoms with Gasteiger partial charge in [-0.15, -0.1) is 0 Å². The van der Waals surface area contributed by atoms with Crippen LogP contribution in [0.15, 0.2) is 413 Å². The molecule has 0 aliphatic heterocycles. The van der Waals surface area contributed by atoms with Gasteiger partial charge in [-0.05, 0) is 265 Å². The average molecular weight is 1520 g/mol. The van der Waals surface area contributed by atoms with Crippen molar-refractivity contribution in [3.8, 4) is 61.7 Å². The Hall–Kier alpha value is -15.1. The molecule has 3 aliphatic carbocycles. The minimum absolute atomic E-state index is 0.139. The smallest absolute Gasteiger partial charge is 0.338 e. The number of hydrogen-bond acceptors (Lipinski definition) is 7. The number of esters is 2. The third kappa shape index (κ3) is 12.2. The van der Waals surface area contributed by atoms with E-state index >= 15 is 0 Å². The molecule has 0 N–H and O–H groups in total. The number of nitrogens with zero attached hydrogens (tertiary/aromatic N) is 4. The number of para-hydroxylation sites is 3. The molecule has 8 nitrogen and oxygen atoms in total. The molecule has 1 aromatic heterocycles. The monoisotopic (exact) mass is 1520 g/mol. The van der Waals surface area contributed by atoms with Crippen LogP contribution in [0.4, 0.5) is 51.2 Å². The second-order valence-electron chi connectivity index (χ2n) is 31.4. The van der Waals surface area contributed by atoms with Crippen LogP contribution >= 0.6 is 0 Å². The topological polar surface area (TPSA) is 67.2 Å². The summed E-state index contributed by atoms with van der Waals surface area (Å²) in [6, 6.07) is 139. The molecular weight excluding hydrogens is 1440 g/mol. The lowest BCUT2D eigenvalue weighted by Crippen LogP contribution is -2.26. The number of hydrogen-bond donors (Lipinski definition) is 0. The van der Waals surface area contributed by atoms with Crippen LogP contribution in [0.1, 0.15) is 61.1 Å². The second-order valence-corrected chi connectivity index (χ2v) is 31.4. The molecular formula is C110H80N4O4. The Kier molecular flexibility index (Phi) is 17.7. The summed E-state index contributed by atoms with van der Waals surface area (Å²) >= 11 is 0. The summed E-state index contributed by atoms with van der Waals surface area (Å²) in [6.45, 7) is 15.5. The van der Waals surface area contributed by atoms with Crippen molar-refractivity contribution >= 4 is 106 Å². The quantitative estimate of drug-likeness (QED) is 0.0575. The van der Waals surface area contributed by atoms with Crippen molar-refractivity contribution in [1.82, 2.24) is 4.57 Å². The molecule has 0 fully saturated rings. The SMILES string of the molecule is C=C(C)C(=O)Oc1ccc(N(c2ccc(-c3ccc4c(c3)c3ccccc3n4-c3ccccc3)cc2)c2ccc3c(c2)C(C)(C)c2ccccc2-3)cc1.C=C(C)C(=O)Oc1cccc(N(c2ccc3c(c2)C2(c4ccccc4-c4ccccc42)c2cc(N(c4ccccc4)c4ccc5ccccc5c4)ccc2-3)c2ccc3ccccc3c2)c1. The molecule has 0 saturated heterocycles. The van der Waals surface area contributed by atoms with Crippen LogP contribution < -0.4 is 24.2 Å². The molecule has 1 heterocycles. The zero-order chi connectivity index (χ0) is 79.9. The summed E-state index contributed by atoms with van der Waals surface area (Å²) in [6.07, 6.45) is 0. The number of fused-ring (bicyclic) bond motifs is 18. The normalized spacial score (nSPS) is 12.7. The van der Waals surface area contributed by atoms with E-state index in [1.165, 1.54) is 99.3 Å². The van der Waals surface area contributed by atoms with Gasteiger partial charge < -0.3 is 28.7 Å². The third-order valence-corrected chi connectivity index (χ3v) is 23.8. The Morgan fingerprint density at radius 2 is 0.661 bits per heavy atom. The lowest BCUT2D eigenvalue weighted by atomic mass is 9.70. The van der Waals surface area contributed by atoms with Gasteiger partial charge in [-0.1, -0.05) is 258 Å². The van der Waals surface area contributed by atoms with E-state index in [0.29, 0.717) is 22.6 Å². The maximum Gasteiger partial charge on any atom is 0.338 e. The number of anilines is 9. The highest BCUT2D eigenvalue weighted by molar-refractivity contribution is 6.11. The number of ether oxygens (including phenoxy) is 2. The Morgan fingerprint density at radius 3 is 1.24 bits per heavy atom. The van der Waals surface area contributed by atoms with Gasteiger partial charge in [-0.3, -0.25) is 0 Å². The molecule has 0 saturated carbocycles. The Labute approximate surface area is 686 Å². The Balaban J connectivity index is 0.000000155. The standard InChI is InChI=1S/C61H42N2O2.C49H38N2O2/c1-40(2)60(64)65-51-22-14-21-46(37-51)63(48-30-28-42-16-7-9-18-44(42)36-48)50-32-34-55-54-33-31-49(62(45-19-4-3-5-20-45)47-29-27-41-15-6-8-17-43(41)35-47)38-58(54)61(59(55)39-50)56-25-12-10-23-52(56)53-24-11-13-26-57(53)61;1-32(2)48(52)53-39-26-23-37(24-27-39)50(38-25-28-41-40-14-8-10-16-44(40)49(3,4)45(41)31-38)36-21-18-33(19-22-36)34-20-29-47-43(30-34)42-15-9-11-17-46(42)51(47)35-12-6-5-7-13-35/h3-39H,1H2,2H3;5-31H,1H2,2-4H3. The van der Waals surface area contributed by atoms with Crippen molar-refractivity contribution in [3.05, 3.63) is 446 Å². The summed E-state index contributed by atoms with van der Waals surface area (Å²) in [5.74, 6) is 0.0351. The summed E-state index contributed by atoms with van der Waals surface area (Å²) in [5, 5.41) is 7.15. The summed E-state index contributed by atoms with van der Waals surface area (Å²) in [7, 11) is 0. The molecule has 3 aliphatic rings. The Morgan fingerprint density at radius 1 is 0.280 bits per heavy atom. The van der Waals surface area contributed by atoms with E-state index in [-0.39, 0.29) is 5.41 Å². The highest BCUT2D eigenvalue weighted by atomic mass is 16.5. The zero-order valence-electron chi connectivity index (χ0n) is 65.8. The summed E-state index contributed by atoms with van der Waals surface area (Å²) < 4.78 is 13.7. The fourth-order valence-corrected chi connectivity index (χ4v) is 18.3. The number of rotatable bonds is 15. The summed E-state index contributed by atoms with van der Waals surface area (Å²) in [4.78, 5) is 32.0. The van der Waals surface area contributed by atoms with Gasteiger partial charge in [0.25, 0.3) is 0 Å². The first kappa shape index (κ1) is 71.9. The molecule has 0 bridgehead atoms. The molecule has 18 aromatic rings. The van der Waals surface area contributed by atoms with Crippen molar-refractivity contribution in [2.45, 2.75) is 38.5 Å². The zero-order valence-corrected chi connectivity index (χ0v) is 65.8. The number of carbonyl (C=O) groups is 2. The molecule has 0 unspecified atom stereocenters. The highest BCUT2D eigenvalue weighted by Gasteiger charge is 2.52. The largest absolute Gasteiger partial charge is 0.423 e. The van der Waals surface area contributed by atoms with Crippen molar-refractivity contribution < 1.29 is 19.1 Å². The predicted molar refractivity (Wildman–Crippen MR) is 486 cm³/mol. The van der Waals surface area contributed by atoms with Crippen LogP contribution in [-0.4, -0.2) is 16.5 Å². The van der Waals surface area contributed by atoms with Gasteiger partial charge in [0.05, 0.1) is 16.4 Å². The van der Waals surface area contributed by atoms with Crippen molar-refractivity contribution in [2.24, 2.45) is 0 Å². The van der Waals surface area contributed by atoms with E-state index in [9.17, 15) is 9.59 Å². The first-order valence-corrected chi connectivity index (χ1v) is 40.0. The molecule has 0 radical (unpaired) electrons. The van der Waals surface area contributed by atoms with Crippen molar-refractivity contribution in [3.63, 3.8) is 0 Å². The van der Waals surface area contributed by atoms with Gasteiger partial charge in [0.15, 0.2) is 0 Å². The van der Waals surface area contributed by atoms with Crippen LogP contribution in [0.5, 0.6) is 11.5 Å². The van der Waals surface area contributed by atoms with E-state index in [0.717, 1.165) is 78.8 Å². The molecule has 0 amide bonds. The highest BCUT2D eigenvalue weighted by Crippen LogP contribution is 2.64. The fraction of sp³-hybridized carbons (Fsp3) is 0.0545. The molecule has 21 rings (SSSR count). The van der Waals surface area contributed by atoms with Gasteiger partial charge >= 0.3 is 11.9 Å². The van der Waals surface area contributed by atoms with E-state index < -0.39 is 17.4 Å². The minimum Gasteiger partial charge on any atom is -0.423 e. The average Bonchev–Trinajstić information content (AvgIpc) is 1.50. The van der Waals surface area contributed by atoms with Crippen LogP contribution in [-0.2, 0) is 20.4 Å². The molecule has 564 valence electrons. The first-order chi connectivity index (χ1) is 57.7. The van der Waals surface area contributed by atoms with Gasteiger partial charge in [0, 0.05) is 90.3 Å². The third-order valence-electron chi connectivity index (χ3n) is 23.8. The van der Waals surface area contributed by atoms with Gasteiger partial charge in [-0.2, -0.15) is 0 Å². The van der Waals surface area contributed by atoms with E-state index in [4.69, 9.17) is 9.47 Å². The van der Waals surface area contributed by atoms with Crippen molar-refractivity contribution in [1.29, 1.82) is 0 Å². The first-order valence-electron chi connectivity index (χ1n) is 40.0. The van der Waals surface area contributed by atoms with Crippen LogP contribution in [0.2, 0.25) is 0 Å². The van der Waals surface area contributed by atoms with Gasteiger partial charge in [0.2, 0.25) is 0 Å². The number of carbonyl (C=O) groups excluding carboxylic acids is 2. The summed E-state index contributed by atoms with van der Waals surface area (Å²) in [5.41, 5.74) is 30.0. The maximum atomic E-state index is 12.8. The molecule has 0 atom stereocenters. The molecule has 17 aromatic carbocycles. The fourth-order valence-electron chi connectivity index (χ4n) is 18.3. The minimum atomic E-state index is -0.635. The van der Waals surface area contributed by atoms with Gasteiger partial charge in [-0.25, -0.2) is 9.59 Å². The lowest BCUT2D eigenvalue weighted by molar-refractivity contribution is -0.130. The van der Waals surface area contributed by atoms with Crippen LogP contribution in [0, 0.1) is 0 Å². The number of benzene rings is 17. The van der Waals surface area contributed by atoms with E-state index in [1.54, 1.807) is 13.8 Å². The predicted octanol–water partition coefficient (Wildman–Crippen LogP) is 28.5. The van der Waals surface area contributed by atoms with E-state index in [2.05, 4.69) is 392 Å². The number of aromatic nitrogens is 1. The van der Waals surface area contributed by atoms with Crippen LogP contribution in [0.3, 0.4) is 0 Å². The lowest BCUT2D eigenvalue weighted by Gasteiger charge is -2.33. The van der Waals surface area contributed by atoms with Crippen molar-refractivity contribution in [2.75, 3.05) is 14.7 Å². The van der Waals surface area contributed by atoms with Gasteiger partial charge in [0.1, 0.15) is 11.5 Å². The Bertz CT molecular complexity index is 7050. The molecule has 118 heavy (non-hydrogen) atoms. The second kappa shape index (κ2) is 29.1.